The molecule has 0 aliphatic carbocycles. The van der Waals surface area contributed by atoms with Crippen molar-refractivity contribution in [1.82, 2.24) is 10.2 Å². The maximum Gasteiger partial charge on any atom is 0.264 e. The smallest absolute Gasteiger partial charge is 0.264 e. The van der Waals surface area contributed by atoms with Crippen molar-refractivity contribution >= 4 is 50.7 Å². The molecular formula is C30H35Cl2N3O6S. The average Bonchev–Trinajstić information content (AvgIpc) is 2.96. The first-order valence-electron chi connectivity index (χ1n) is 13.3. The fraction of sp³-hybridized carbons (Fsp3) is 0.333. The van der Waals surface area contributed by atoms with Crippen molar-refractivity contribution in [2.75, 3.05) is 25.1 Å². The van der Waals surface area contributed by atoms with Crippen LogP contribution in [0, 0.1) is 0 Å². The van der Waals surface area contributed by atoms with Crippen LogP contribution in [0.5, 0.6) is 11.5 Å². The third-order valence-corrected chi connectivity index (χ3v) is 8.81. The Kier molecular flexibility index (Phi) is 11.5. The molecule has 9 nitrogen and oxygen atoms in total. The summed E-state index contributed by atoms with van der Waals surface area (Å²) in [4.78, 5) is 28.7. The first-order valence-corrected chi connectivity index (χ1v) is 15.5. The number of halogens is 2. The largest absolute Gasteiger partial charge is 0.497 e. The van der Waals surface area contributed by atoms with Crippen LogP contribution >= 0.6 is 23.2 Å². The molecule has 0 heterocycles. The normalized spacial score (nSPS) is 12.0. The predicted octanol–water partition coefficient (Wildman–Crippen LogP) is 5.54. The van der Waals surface area contributed by atoms with Crippen LogP contribution in [0.25, 0.3) is 0 Å². The van der Waals surface area contributed by atoms with Gasteiger partial charge in [-0.1, -0.05) is 48.3 Å². The quantitative estimate of drug-likeness (QED) is 0.264. The topological polar surface area (TPSA) is 105 Å². The van der Waals surface area contributed by atoms with Gasteiger partial charge in [0.25, 0.3) is 10.0 Å². The second kappa shape index (κ2) is 14.6. The van der Waals surface area contributed by atoms with Crippen LogP contribution in [0.1, 0.15) is 32.8 Å². The number of para-hydroxylation sites is 2. The van der Waals surface area contributed by atoms with Gasteiger partial charge in [0.1, 0.15) is 24.1 Å². The third kappa shape index (κ3) is 7.87. The van der Waals surface area contributed by atoms with Crippen LogP contribution in [0.3, 0.4) is 0 Å². The molecule has 0 unspecified atom stereocenters. The van der Waals surface area contributed by atoms with Crippen molar-refractivity contribution in [3.8, 4) is 11.5 Å². The van der Waals surface area contributed by atoms with Gasteiger partial charge in [-0.25, -0.2) is 8.42 Å². The highest BCUT2D eigenvalue weighted by molar-refractivity contribution is 7.92. The summed E-state index contributed by atoms with van der Waals surface area (Å²) in [6, 6.07) is 16.1. The number of rotatable bonds is 13. The number of carbonyl (C=O) groups excluding carboxylic acids is 2. The van der Waals surface area contributed by atoms with Crippen molar-refractivity contribution in [3.63, 3.8) is 0 Å². The van der Waals surface area contributed by atoms with Gasteiger partial charge in [0.2, 0.25) is 11.8 Å². The highest BCUT2D eigenvalue weighted by Gasteiger charge is 2.35. The van der Waals surface area contributed by atoms with Gasteiger partial charge in [0.05, 0.1) is 24.8 Å². The van der Waals surface area contributed by atoms with E-state index in [9.17, 15) is 18.0 Å². The number of sulfonamides is 1. The summed E-state index contributed by atoms with van der Waals surface area (Å²) in [5, 5.41) is 3.59. The van der Waals surface area contributed by atoms with Gasteiger partial charge in [-0.05, 0) is 74.4 Å². The van der Waals surface area contributed by atoms with Gasteiger partial charge in [0.15, 0.2) is 0 Å². The van der Waals surface area contributed by atoms with Crippen LogP contribution in [0.15, 0.2) is 71.6 Å². The van der Waals surface area contributed by atoms with E-state index in [4.69, 9.17) is 32.7 Å². The molecule has 0 aliphatic rings. The Morgan fingerprint density at radius 2 is 1.62 bits per heavy atom. The highest BCUT2D eigenvalue weighted by atomic mass is 35.5. The van der Waals surface area contributed by atoms with Crippen LogP contribution < -0.4 is 19.1 Å². The molecule has 0 radical (unpaired) electrons. The molecule has 2 amide bonds. The molecule has 0 bridgehead atoms. The summed E-state index contributed by atoms with van der Waals surface area (Å²) in [6.45, 7) is 4.74. The Labute approximate surface area is 257 Å². The monoisotopic (exact) mass is 635 g/mol. The fourth-order valence-electron chi connectivity index (χ4n) is 4.36. The van der Waals surface area contributed by atoms with Crippen molar-refractivity contribution in [2.45, 2.75) is 50.7 Å². The Hall–Kier alpha value is -3.47. The lowest BCUT2D eigenvalue weighted by Crippen LogP contribution is -2.53. The zero-order valence-corrected chi connectivity index (χ0v) is 26.5. The maximum absolute atomic E-state index is 14.2. The summed E-state index contributed by atoms with van der Waals surface area (Å²) in [5.74, 6) is -0.260. The summed E-state index contributed by atoms with van der Waals surface area (Å²) >= 11 is 12.5. The Balaban J connectivity index is 2.12. The van der Waals surface area contributed by atoms with Gasteiger partial charge < -0.3 is 19.7 Å². The van der Waals surface area contributed by atoms with E-state index >= 15 is 0 Å². The van der Waals surface area contributed by atoms with E-state index in [0.717, 1.165) is 4.31 Å². The van der Waals surface area contributed by atoms with Gasteiger partial charge >= 0.3 is 0 Å². The minimum atomic E-state index is -4.29. The molecule has 12 heteroatoms. The second-order valence-electron chi connectivity index (χ2n) is 9.70. The fourth-order valence-corrected chi connectivity index (χ4v) is 6.25. The van der Waals surface area contributed by atoms with E-state index in [-0.39, 0.29) is 41.2 Å². The van der Waals surface area contributed by atoms with Gasteiger partial charge in [-0.15, -0.1) is 0 Å². The van der Waals surface area contributed by atoms with Crippen LogP contribution in [0.4, 0.5) is 5.69 Å². The van der Waals surface area contributed by atoms with Crippen LogP contribution in [0.2, 0.25) is 10.0 Å². The van der Waals surface area contributed by atoms with Crippen molar-refractivity contribution < 1.29 is 27.5 Å². The Bertz CT molecular complexity index is 1500. The first kappa shape index (κ1) is 33.0. The van der Waals surface area contributed by atoms with Crippen LogP contribution in [-0.4, -0.2) is 58.0 Å². The van der Waals surface area contributed by atoms with Crippen molar-refractivity contribution in [3.05, 3.63) is 82.3 Å². The molecule has 226 valence electrons. The number of hydrogen-bond donors (Lipinski definition) is 1. The van der Waals surface area contributed by atoms with Crippen molar-refractivity contribution in [2.24, 2.45) is 0 Å². The summed E-state index contributed by atoms with van der Waals surface area (Å²) < 4.78 is 39.8. The Morgan fingerprint density at radius 3 is 2.19 bits per heavy atom. The zero-order chi connectivity index (χ0) is 31.0. The third-order valence-electron chi connectivity index (χ3n) is 6.45. The molecule has 0 saturated carbocycles. The summed E-state index contributed by atoms with van der Waals surface area (Å²) in [7, 11) is -1.40. The highest BCUT2D eigenvalue weighted by Crippen LogP contribution is 2.33. The molecule has 1 atom stereocenters. The molecule has 0 aromatic heterocycles. The number of hydrogen-bond acceptors (Lipinski definition) is 6. The molecule has 3 aromatic rings. The minimum absolute atomic E-state index is 0.0544. The van der Waals surface area contributed by atoms with Crippen LogP contribution in [-0.2, 0) is 26.2 Å². The van der Waals surface area contributed by atoms with Gasteiger partial charge in [0, 0.05) is 22.6 Å². The van der Waals surface area contributed by atoms with E-state index in [1.54, 1.807) is 49.4 Å². The molecular weight excluding hydrogens is 601 g/mol. The summed E-state index contributed by atoms with van der Waals surface area (Å²) in [5.41, 5.74) is 0.709. The molecule has 0 fully saturated rings. The van der Waals surface area contributed by atoms with E-state index in [1.807, 2.05) is 13.8 Å². The minimum Gasteiger partial charge on any atom is -0.497 e. The van der Waals surface area contributed by atoms with Gasteiger partial charge in [-0.3, -0.25) is 13.9 Å². The number of nitrogens with one attached hydrogen (secondary N) is 1. The average molecular weight is 637 g/mol. The molecule has 0 spiro atoms. The number of carbonyl (C=O) groups is 2. The number of nitrogens with zero attached hydrogens (tertiary/aromatic N) is 2. The molecule has 1 N–H and O–H groups in total. The van der Waals surface area contributed by atoms with E-state index in [2.05, 4.69) is 5.32 Å². The predicted molar refractivity (Wildman–Crippen MR) is 165 cm³/mol. The molecule has 3 rings (SSSR count). The number of amides is 2. The molecule has 0 aliphatic heterocycles. The maximum atomic E-state index is 14.2. The number of benzene rings is 3. The SMILES string of the molecule is CC[C@H](C(=O)NC(C)C)N(Cc1ccc(Cl)cc1Cl)C(=O)CN(c1ccccc1OC)S(=O)(=O)c1ccc(OC)cc1. The number of ether oxygens (including phenoxy) is 2. The Morgan fingerprint density at radius 1 is 0.952 bits per heavy atom. The number of anilines is 1. The molecule has 42 heavy (non-hydrogen) atoms. The first-order chi connectivity index (χ1) is 19.9. The lowest BCUT2D eigenvalue weighted by molar-refractivity contribution is -0.140. The zero-order valence-electron chi connectivity index (χ0n) is 24.1. The van der Waals surface area contributed by atoms with Gasteiger partial charge in [-0.2, -0.15) is 0 Å². The summed E-state index contributed by atoms with van der Waals surface area (Å²) in [6.07, 6.45) is 0.273. The lowest BCUT2D eigenvalue weighted by atomic mass is 10.1. The standard InChI is InChI=1S/C30H35Cl2N3O6S/c1-6-26(30(37)33-20(2)3)34(18-21-11-12-22(31)17-25(21)32)29(36)19-35(27-9-7-8-10-28(27)41-5)42(38,39)24-15-13-23(40-4)14-16-24/h7-17,20,26H,6,18-19H2,1-5H3,(H,33,37)/t26-/m1/s1. The van der Waals surface area contributed by atoms with E-state index < -0.39 is 28.5 Å². The molecule has 3 aromatic carbocycles. The van der Waals surface area contributed by atoms with E-state index in [1.165, 1.54) is 43.4 Å². The second-order valence-corrected chi connectivity index (χ2v) is 12.4. The van der Waals surface area contributed by atoms with E-state index in [0.29, 0.717) is 21.4 Å². The molecule has 0 saturated heterocycles. The lowest BCUT2D eigenvalue weighted by Gasteiger charge is -2.34. The number of methoxy groups -OCH3 is 2. The van der Waals surface area contributed by atoms with Crippen molar-refractivity contribution in [1.29, 1.82) is 0 Å².